The number of tetrazole rings is 1. The molecular formula is C24H33N7O4S3. The van der Waals surface area contributed by atoms with Crippen LogP contribution >= 0.6 is 27.0 Å². The van der Waals surface area contributed by atoms with E-state index in [9.17, 15) is 18.3 Å². The highest BCUT2D eigenvalue weighted by Crippen LogP contribution is 2.33. The van der Waals surface area contributed by atoms with E-state index < -0.39 is 10.0 Å². The van der Waals surface area contributed by atoms with E-state index in [0.29, 0.717) is 31.0 Å². The second-order valence-corrected chi connectivity index (χ2v) is 11.4. The summed E-state index contributed by atoms with van der Waals surface area (Å²) in [6.45, 7) is 1.89. The number of likely N-dealkylation sites (N-methyl/N-ethyl adjacent to an activating group) is 1. The fourth-order valence-corrected chi connectivity index (χ4v) is 6.19. The average Bonchev–Trinajstić information content (AvgIpc) is 3.58. The number of aliphatic hydroxyl groups excluding tert-OH is 1. The first-order chi connectivity index (χ1) is 17.2. The first-order valence-corrected chi connectivity index (χ1v) is 13.4. The quantitative estimate of drug-likeness (QED) is 0.426. The average molecular weight is 580 g/mol. The lowest BCUT2D eigenvalue weighted by Crippen LogP contribution is -2.39. The third-order valence-electron chi connectivity index (χ3n) is 7.01. The Morgan fingerprint density at radius 3 is 2.71 bits per heavy atom. The largest absolute Gasteiger partial charge is 0.392 e. The van der Waals surface area contributed by atoms with Gasteiger partial charge in [0.05, 0.1) is 30.0 Å². The van der Waals surface area contributed by atoms with Gasteiger partial charge in [0.25, 0.3) is 0 Å². The van der Waals surface area contributed by atoms with Crippen LogP contribution in [0.3, 0.4) is 0 Å². The Kier molecular flexibility index (Phi) is 9.47. The van der Waals surface area contributed by atoms with Crippen LogP contribution in [0.2, 0.25) is 0 Å². The standard InChI is InChI=1S/C24H29N7O4S.2H2S/c1-29(23(33)11-16-6-7-19-15-36(34,35)30(2)21(19)10-16)22(14-31-9-8-20(32)13-31)17-4-3-5-18(12-17)24-25-27-28-26-24;;/h3-7,10,12,20,22,32H,8-9,11,13-15H2,1-2H3,(H,25,26,27,28);2*1H2/t20-,22+;;/m0../s1. The van der Waals surface area contributed by atoms with Gasteiger partial charge in [0.1, 0.15) is 0 Å². The van der Waals surface area contributed by atoms with Crippen molar-refractivity contribution in [3.8, 4) is 11.4 Å². The smallest absolute Gasteiger partial charge is 0.239 e. The highest BCUT2D eigenvalue weighted by Gasteiger charge is 2.31. The van der Waals surface area contributed by atoms with Crippen molar-refractivity contribution in [2.45, 2.75) is 30.7 Å². The summed E-state index contributed by atoms with van der Waals surface area (Å²) in [6, 6.07) is 12.9. The first kappa shape index (κ1) is 29.9. The fourth-order valence-electron chi connectivity index (χ4n) is 4.89. The van der Waals surface area contributed by atoms with Crippen LogP contribution in [0, 0.1) is 0 Å². The third kappa shape index (κ3) is 6.15. The Balaban J connectivity index is 0.00000200. The van der Waals surface area contributed by atoms with E-state index in [2.05, 4.69) is 25.5 Å². The van der Waals surface area contributed by atoms with Crippen molar-refractivity contribution < 1.29 is 18.3 Å². The van der Waals surface area contributed by atoms with Crippen LogP contribution in [0.4, 0.5) is 5.69 Å². The lowest BCUT2D eigenvalue weighted by atomic mass is 10.0. The molecule has 2 aromatic carbocycles. The van der Waals surface area contributed by atoms with Gasteiger partial charge >= 0.3 is 0 Å². The van der Waals surface area contributed by atoms with Crippen molar-refractivity contribution in [3.63, 3.8) is 0 Å². The van der Waals surface area contributed by atoms with Gasteiger partial charge < -0.3 is 10.0 Å². The molecule has 1 saturated heterocycles. The van der Waals surface area contributed by atoms with Gasteiger partial charge in [0, 0.05) is 39.3 Å². The molecule has 1 fully saturated rings. The zero-order valence-corrected chi connectivity index (χ0v) is 24.0. The molecule has 0 aliphatic carbocycles. The van der Waals surface area contributed by atoms with Gasteiger partial charge in [-0.15, -0.1) is 10.2 Å². The van der Waals surface area contributed by atoms with Crippen molar-refractivity contribution in [3.05, 3.63) is 59.2 Å². The molecule has 206 valence electrons. The molecule has 1 amide bonds. The molecule has 2 N–H and O–H groups in total. The number of nitrogens with one attached hydrogen (secondary N) is 1. The Morgan fingerprint density at radius 1 is 1.24 bits per heavy atom. The molecule has 38 heavy (non-hydrogen) atoms. The minimum atomic E-state index is -3.34. The number of β-amino-alcohol motifs (C(OH)–C–C–N with tert-alkyl or cyclic N) is 1. The van der Waals surface area contributed by atoms with E-state index in [1.165, 1.54) is 11.4 Å². The lowest BCUT2D eigenvalue weighted by Gasteiger charge is -2.32. The van der Waals surface area contributed by atoms with Gasteiger partial charge in [0.15, 0.2) is 0 Å². The number of benzene rings is 2. The number of amides is 1. The number of sulfonamides is 1. The van der Waals surface area contributed by atoms with E-state index in [0.717, 1.165) is 28.8 Å². The minimum absolute atomic E-state index is 0. The van der Waals surface area contributed by atoms with E-state index in [-0.39, 0.29) is 57.2 Å². The summed E-state index contributed by atoms with van der Waals surface area (Å²) in [5.74, 6) is 0.361. The number of hydrogen-bond donors (Lipinski definition) is 2. The number of rotatable bonds is 7. The number of aliphatic hydroxyl groups is 1. The molecule has 0 saturated carbocycles. The van der Waals surface area contributed by atoms with Gasteiger partial charge in [-0.1, -0.05) is 30.3 Å². The molecule has 0 radical (unpaired) electrons. The Hall–Kier alpha value is -2.65. The second kappa shape index (κ2) is 12.0. The van der Waals surface area contributed by atoms with Crippen LogP contribution in [-0.2, 0) is 27.0 Å². The maximum absolute atomic E-state index is 13.5. The third-order valence-corrected chi connectivity index (χ3v) is 8.72. The molecule has 1 aromatic heterocycles. The van der Waals surface area contributed by atoms with E-state index in [4.69, 9.17) is 0 Å². The summed E-state index contributed by atoms with van der Waals surface area (Å²) >= 11 is 0. The molecule has 3 aromatic rings. The van der Waals surface area contributed by atoms with Crippen molar-refractivity contribution in [2.24, 2.45) is 0 Å². The molecule has 2 aliphatic rings. The van der Waals surface area contributed by atoms with Crippen molar-refractivity contribution in [2.75, 3.05) is 38.0 Å². The number of carbonyl (C=O) groups excluding carboxylic acids is 1. The number of hydrogen-bond acceptors (Lipinski definition) is 8. The number of anilines is 1. The first-order valence-electron chi connectivity index (χ1n) is 11.8. The Morgan fingerprint density at radius 2 is 2.03 bits per heavy atom. The second-order valence-electron chi connectivity index (χ2n) is 9.45. The van der Waals surface area contributed by atoms with Gasteiger partial charge in [-0.05, 0) is 40.5 Å². The molecule has 2 aliphatic heterocycles. The van der Waals surface area contributed by atoms with E-state index in [1.807, 2.05) is 30.3 Å². The predicted molar refractivity (Wildman–Crippen MR) is 154 cm³/mol. The normalized spacial score (nSPS) is 18.8. The van der Waals surface area contributed by atoms with Crippen molar-refractivity contribution in [1.29, 1.82) is 0 Å². The Labute approximate surface area is 236 Å². The van der Waals surface area contributed by atoms with Crippen LogP contribution in [0.5, 0.6) is 0 Å². The number of aromatic nitrogens is 4. The minimum Gasteiger partial charge on any atom is -0.392 e. The summed E-state index contributed by atoms with van der Waals surface area (Å²) in [5, 5.41) is 24.3. The molecule has 14 heteroatoms. The summed E-state index contributed by atoms with van der Waals surface area (Å²) in [4.78, 5) is 17.4. The van der Waals surface area contributed by atoms with Crippen LogP contribution < -0.4 is 4.31 Å². The Bertz CT molecular complexity index is 1370. The number of carbonyl (C=O) groups is 1. The number of aromatic amines is 1. The van der Waals surface area contributed by atoms with Crippen LogP contribution in [-0.4, -0.2) is 89.7 Å². The molecule has 3 heterocycles. The molecule has 0 bridgehead atoms. The predicted octanol–water partition coefficient (Wildman–Crippen LogP) is 1.18. The van der Waals surface area contributed by atoms with E-state index in [1.54, 1.807) is 24.1 Å². The zero-order chi connectivity index (χ0) is 25.4. The molecule has 0 spiro atoms. The molecule has 2 atom stereocenters. The van der Waals surface area contributed by atoms with Gasteiger partial charge in [0.2, 0.25) is 21.8 Å². The molecule has 0 unspecified atom stereocenters. The van der Waals surface area contributed by atoms with Crippen LogP contribution in [0.25, 0.3) is 11.4 Å². The maximum atomic E-state index is 13.5. The number of nitrogens with zero attached hydrogens (tertiary/aromatic N) is 6. The number of fused-ring (bicyclic) bond motifs is 1. The highest BCUT2D eigenvalue weighted by molar-refractivity contribution is 7.92. The van der Waals surface area contributed by atoms with Crippen molar-refractivity contribution in [1.82, 2.24) is 30.4 Å². The van der Waals surface area contributed by atoms with Crippen molar-refractivity contribution >= 4 is 48.6 Å². The number of H-pyrrole nitrogens is 1. The highest BCUT2D eigenvalue weighted by atomic mass is 32.2. The maximum Gasteiger partial charge on any atom is 0.239 e. The molecule has 5 rings (SSSR count). The topological polar surface area (TPSA) is 136 Å². The van der Waals surface area contributed by atoms with Gasteiger partial charge in [-0.2, -0.15) is 32.2 Å². The molecule has 11 nitrogen and oxygen atoms in total. The summed E-state index contributed by atoms with van der Waals surface area (Å²) in [5.41, 5.74) is 3.83. The SMILES string of the molecule is CN(C(=O)Cc1ccc2c(c1)N(C)S(=O)(=O)C2)[C@H](CN1CC[C@H](O)C1)c1cccc(-c2nn[nH]n2)c1.S.S. The van der Waals surface area contributed by atoms with Crippen LogP contribution in [0.1, 0.15) is 29.2 Å². The summed E-state index contributed by atoms with van der Waals surface area (Å²) in [7, 11) is -0.0207. The van der Waals surface area contributed by atoms with Gasteiger partial charge in [-0.3, -0.25) is 14.0 Å². The number of likely N-dealkylation sites (tertiary alicyclic amines) is 1. The monoisotopic (exact) mass is 579 g/mol. The summed E-state index contributed by atoms with van der Waals surface area (Å²) < 4.78 is 25.7. The summed E-state index contributed by atoms with van der Waals surface area (Å²) in [6.07, 6.45) is 0.483. The fraction of sp³-hybridized carbons (Fsp3) is 0.417. The van der Waals surface area contributed by atoms with Gasteiger partial charge in [-0.25, -0.2) is 8.42 Å². The lowest BCUT2D eigenvalue weighted by molar-refractivity contribution is -0.131. The zero-order valence-electron chi connectivity index (χ0n) is 21.2. The van der Waals surface area contributed by atoms with Crippen LogP contribution in [0.15, 0.2) is 42.5 Å². The molecular weight excluding hydrogens is 547 g/mol. The van der Waals surface area contributed by atoms with E-state index >= 15 is 0 Å².